The normalized spacial score (nSPS) is 11.2. The number of nitrogens with one attached hydrogen (secondary N) is 1. The van der Waals surface area contributed by atoms with Gasteiger partial charge in [-0.25, -0.2) is 0 Å². The van der Waals surface area contributed by atoms with Crippen LogP contribution in [0, 0.1) is 0 Å². The van der Waals surface area contributed by atoms with Gasteiger partial charge in [0.1, 0.15) is 0 Å². The number of quaternary nitrogens is 1. The van der Waals surface area contributed by atoms with Crippen molar-refractivity contribution in [2.24, 2.45) is 0 Å². The third kappa shape index (κ3) is 4.99. The summed E-state index contributed by atoms with van der Waals surface area (Å²) in [5.74, 6) is -0.0345. The molecule has 0 aliphatic heterocycles. The first-order valence-electron chi connectivity index (χ1n) is 6.29. The van der Waals surface area contributed by atoms with Crippen LogP contribution < -0.4 is 23.5 Å². The van der Waals surface area contributed by atoms with E-state index in [1.165, 1.54) is 0 Å². The van der Waals surface area contributed by atoms with Crippen molar-refractivity contribution in [3.63, 3.8) is 0 Å². The second kappa shape index (κ2) is 8.30. The predicted molar refractivity (Wildman–Crippen MR) is 72.9 cm³/mol. The molecule has 0 fully saturated rings. The summed E-state index contributed by atoms with van der Waals surface area (Å²) < 4.78 is 0. The Morgan fingerprint density at radius 3 is 2.50 bits per heavy atom. The molecule has 5 heteroatoms. The van der Waals surface area contributed by atoms with E-state index in [-0.39, 0.29) is 24.4 Å². The minimum Gasteiger partial charge on any atom is -1.00 e. The molecule has 1 atom stereocenters. The van der Waals surface area contributed by atoms with Crippen LogP contribution in [0.5, 0.6) is 0 Å². The lowest BCUT2D eigenvalue weighted by atomic mass is 10.1. The molecule has 0 aliphatic carbocycles. The molecule has 2 rings (SSSR count). The predicted octanol–water partition coefficient (Wildman–Crippen LogP) is -2.44. The zero-order chi connectivity index (χ0) is 13.5. The zero-order valence-corrected chi connectivity index (χ0v) is 11.9. The van der Waals surface area contributed by atoms with Crippen molar-refractivity contribution in [3.05, 3.63) is 66.0 Å². The molecule has 0 aliphatic rings. The quantitative estimate of drug-likeness (QED) is 0.642. The van der Waals surface area contributed by atoms with E-state index in [4.69, 9.17) is 0 Å². The van der Waals surface area contributed by atoms with Gasteiger partial charge in [-0.1, -0.05) is 36.4 Å². The van der Waals surface area contributed by atoms with Crippen LogP contribution in [0.1, 0.15) is 11.1 Å². The SMILES string of the molecule is [Cl-].[NH3+][C@@H](Cc1cccnc1)C(=O)NCc1ccccc1. The molecule has 1 aromatic carbocycles. The van der Waals surface area contributed by atoms with Crippen molar-refractivity contribution in [1.29, 1.82) is 0 Å². The van der Waals surface area contributed by atoms with E-state index >= 15 is 0 Å². The number of rotatable bonds is 5. The minimum atomic E-state index is -0.298. The molecule has 0 radical (unpaired) electrons. The number of halogens is 1. The van der Waals surface area contributed by atoms with Crippen molar-refractivity contribution in [3.8, 4) is 0 Å². The number of benzene rings is 1. The summed E-state index contributed by atoms with van der Waals surface area (Å²) in [6.07, 6.45) is 4.09. The molecule has 0 saturated heterocycles. The van der Waals surface area contributed by atoms with E-state index in [0.717, 1.165) is 11.1 Å². The Morgan fingerprint density at radius 1 is 1.15 bits per heavy atom. The Balaban J connectivity index is 0.00000200. The third-order valence-electron chi connectivity index (χ3n) is 2.89. The first-order valence-corrected chi connectivity index (χ1v) is 6.29. The van der Waals surface area contributed by atoms with E-state index in [2.05, 4.69) is 16.0 Å². The van der Waals surface area contributed by atoms with Gasteiger partial charge < -0.3 is 23.5 Å². The number of nitrogens with zero attached hydrogens (tertiary/aromatic N) is 1. The van der Waals surface area contributed by atoms with Crippen molar-refractivity contribution < 1.29 is 22.9 Å². The lowest BCUT2D eigenvalue weighted by Gasteiger charge is -2.09. The summed E-state index contributed by atoms with van der Waals surface area (Å²) in [6, 6.07) is 13.4. The molecular weight excluding hydrogens is 274 g/mol. The highest BCUT2D eigenvalue weighted by Crippen LogP contribution is 2.00. The van der Waals surface area contributed by atoms with Crippen molar-refractivity contribution >= 4 is 5.91 Å². The number of amides is 1. The number of carbonyl (C=O) groups is 1. The highest BCUT2D eigenvalue weighted by Gasteiger charge is 2.17. The zero-order valence-electron chi connectivity index (χ0n) is 11.1. The molecule has 0 spiro atoms. The molecule has 0 saturated carbocycles. The molecule has 0 unspecified atom stereocenters. The highest BCUT2D eigenvalue weighted by atomic mass is 35.5. The lowest BCUT2D eigenvalue weighted by molar-refractivity contribution is -0.403. The minimum absolute atomic E-state index is 0. The van der Waals surface area contributed by atoms with Gasteiger partial charge in [0.05, 0.1) is 0 Å². The first kappa shape index (κ1) is 16.1. The van der Waals surface area contributed by atoms with Gasteiger partial charge in [0, 0.05) is 25.4 Å². The maximum atomic E-state index is 11.9. The second-order valence-corrected chi connectivity index (χ2v) is 4.47. The summed E-state index contributed by atoms with van der Waals surface area (Å²) in [5.41, 5.74) is 6.02. The van der Waals surface area contributed by atoms with Crippen LogP contribution >= 0.6 is 0 Å². The fraction of sp³-hybridized carbons (Fsp3) is 0.200. The summed E-state index contributed by atoms with van der Waals surface area (Å²) in [5, 5.41) is 2.90. The van der Waals surface area contributed by atoms with Crippen molar-refractivity contribution in [2.45, 2.75) is 19.0 Å². The Kier molecular flexibility index (Phi) is 6.70. The highest BCUT2D eigenvalue weighted by molar-refractivity contribution is 5.80. The number of aromatic nitrogens is 1. The first-order chi connectivity index (χ1) is 9.25. The van der Waals surface area contributed by atoms with Crippen LogP contribution in [-0.2, 0) is 17.8 Å². The van der Waals surface area contributed by atoms with E-state index in [1.54, 1.807) is 12.4 Å². The topological polar surface area (TPSA) is 69.6 Å². The monoisotopic (exact) mass is 291 g/mol. The van der Waals surface area contributed by atoms with Crippen LogP contribution in [0.25, 0.3) is 0 Å². The van der Waals surface area contributed by atoms with Crippen LogP contribution in [0.4, 0.5) is 0 Å². The molecule has 2 aromatic rings. The number of hydrogen-bond acceptors (Lipinski definition) is 2. The molecule has 1 aromatic heterocycles. The Hall–Kier alpha value is -1.91. The van der Waals surface area contributed by atoms with Crippen molar-refractivity contribution in [2.75, 3.05) is 0 Å². The van der Waals surface area contributed by atoms with E-state index < -0.39 is 0 Å². The maximum Gasteiger partial charge on any atom is 0.278 e. The van der Waals surface area contributed by atoms with Crippen LogP contribution in [0.3, 0.4) is 0 Å². The average Bonchev–Trinajstić information content (AvgIpc) is 2.47. The molecule has 106 valence electrons. The van der Waals surface area contributed by atoms with E-state index in [0.29, 0.717) is 13.0 Å². The Morgan fingerprint density at radius 2 is 1.85 bits per heavy atom. The molecule has 0 bridgehead atoms. The fourth-order valence-electron chi connectivity index (χ4n) is 1.83. The smallest absolute Gasteiger partial charge is 0.278 e. The standard InChI is InChI=1S/C15H17N3O.ClH/c16-14(9-13-7-4-8-17-10-13)15(19)18-11-12-5-2-1-3-6-12;/h1-8,10,14H,9,11,16H2,(H,18,19);1H/t14-;/m0./s1. The number of carbonyl (C=O) groups excluding carboxylic acids is 1. The van der Waals surface area contributed by atoms with Gasteiger partial charge in [-0.05, 0) is 17.2 Å². The molecule has 4 N–H and O–H groups in total. The maximum absolute atomic E-state index is 11.9. The largest absolute Gasteiger partial charge is 1.00 e. The Labute approximate surface area is 124 Å². The van der Waals surface area contributed by atoms with Gasteiger partial charge in [-0.2, -0.15) is 0 Å². The second-order valence-electron chi connectivity index (χ2n) is 4.47. The van der Waals surface area contributed by atoms with Crippen molar-refractivity contribution in [1.82, 2.24) is 10.3 Å². The van der Waals surface area contributed by atoms with Gasteiger partial charge in [0.25, 0.3) is 5.91 Å². The summed E-state index contributed by atoms with van der Waals surface area (Å²) in [6.45, 7) is 0.540. The molecule has 1 heterocycles. The van der Waals surface area contributed by atoms with Gasteiger partial charge >= 0.3 is 0 Å². The number of pyridine rings is 1. The number of hydrogen-bond donors (Lipinski definition) is 2. The van der Waals surface area contributed by atoms with Gasteiger partial charge in [-0.15, -0.1) is 0 Å². The molecule has 4 nitrogen and oxygen atoms in total. The summed E-state index contributed by atoms with van der Waals surface area (Å²) in [7, 11) is 0. The van der Waals surface area contributed by atoms with Crippen LogP contribution in [0.15, 0.2) is 54.9 Å². The van der Waals surface area contributed by atoms with Crippen LogP contribution in [-0.4, -0.2) is 16.9 Å². The molecule has 20 heavy (non-hydrogen) atoms. The van der Waals surface area contributed by atoms with Gasteiger partial charge in [0.2, 0.25) is 0 Å². The van der Waals surface area contributed by atoms with Gasteiger partial charge in [0.15, 0.2) is 6.04 Å². The summed E-state index contributed by atoms with van der Waals surface area (Å²) >= 11 is 0. The fourth-order valence-corrected chi connectivity index (χ4v) is 1.83. The third-order valence-corrected chi connectivity index (χ3v) is 2.89. The van der Waals surface area contributed by atoms with E-state index in [1.807, 2.05) is 42.5 Å². The molecular formula is C15H18ClN3O. The average molecular weight is 292 g/mol. The van der Waals surface area contributed by atoms with Gasteiger partial charge in [-0.3, -0.25) is 9.78 Å². The van der Waals surface area contributed by atoms with E-state index in [9.17, 15) is 4.79 Å². The summed E-state index contributed by atoms with van der Waals surface area (Å²) in [4.78, 5) is 16.0. The van der Waals surface area contributed by atoms with Crippen LogP contribution in [0.2, 0.25) is 0 Å². The Bertz CT molecular complexity index is 519. The molecule has 1 amide bonds. The lowest BCUT2D eigenvalue weighted by Crippen LogP contribution is -3.00.